The summed E-state index contributed by atoms with van der Waals surface area (Å²) in [5.41, 5.74) is -2.44. The van der Waals surface area contributed by atoms with E-state index in [1.807, 2.05) is 0 Å². The lowest BCUT2D eigenvalue weighted by Crippen LogP contribution is -2.62. The Kier molecular flexibility index (Phi) is 2.78. The monoisotopic (exact) mass is 209 g/mol. The fourth-order valence-electron chi connectivity index (χ4n) is 1.66. The Morgan fingerprint density at radius 2 is 2.21 bits per heavy atom. The van der Waals surface area contributed by atoms with E-state index in [-0.39, 0.29) is 19.5 Å². The number of rotatable bonds is 2. The molecular weight excluding hydrogens is 196 g/mol. The molecule has 0 amide bonds. The summed E-state index contributed by atoms with van der Waals surface area (Å²) in [5.74, 6) is -7.15. The molecule has 1 heterocycles. The quantitative estimate of drug-likeness (QED) is 0.601. The van der Waals surface area contributed by atoms with Crippen LogP contribution in [0.2, 0.25) is 0 Å². The van der Waals surface area contributed by atoms with Crippen LogP contribution in [0.15, 0.2) is 0 Å². The first kappa shape index (κ1) is 11.3. The van der Waals surface area contributed by atoms with Crippen LogP contribution < -0.4 is 5.32 Å². The summed E-state index contributed by atoms with van der Waals surface area (Å²) in [6.07, 6.45) is -0.256. The van der Waals surface area contributed by atoms with Gasteiger partial charge in [-0.15, -0.1) is 0 Å². The van der Waals surface area contributed by atoms with Gasteiger partial charge in [0, 0.05) is 12.5 Å². The molecule has 0 aromatic carbocycles. The fraction of sp³-hybridized carbons (Fsp3) is 0.875. The highest BCUT2D eigenvalue weighted by Crippen LogP contribution is 2.39. The first-order valence-corrected chi connectivity index (χ1v) is 4.36. The van der Waals surface area contributed by atoms with E-state index in [0.29, 0.717) is 0 Å². The van der Waals surface area contributed by atoms with Gasteiger partial charge in [0.05, 0.1) is 0 Å². The van der Waals surface area contributed by atoms with Gasteiger partial charge in [0.1, 0.15) is 5.60 Å². The van der Waals surface area contributed by atoms with Gasteiger partial charge >= 0.3 is 11.9 Å². The molecular formula is C8H13F2NO3. The number of aliphatic hydroxyl groups is 1. The van der Waals surface area contributed by atoms with Crippen molar-refractivity contribution in [3.63, 3.8) is 0 Å². The van der Waals surface area contributed by atoms with Crippen LogP contribution in [-0.4, -0.2) is 40.8 Å². The molecule has 0 aromatic heterocycles. The molecule has 1 fully saturated rings. The standard InChI is InChI=1S/C8H13F2NO3/c1-5-4-11-3-2-7(5,14)8(9,10)6(12)13/h5,11,14H,2-4H2,1H3,(H,12,13). The van der Waals surface area contributed by atoms with E-state index in [2.05, 4.69) is 5.32 Å². The van der Waals surface area contributed by atoms with E-state index < -0.39 is 23.4 Å². The smallest absolute Gasteiger partial charge is 0.377 e. The highest BCUT2D eigenvalue weighted by Gasteiger charge is 2.61. The topological polar surface area (TPSA) is 69.6 Å². The van der Waals surface area contributed by atoms with E-state index in [4.69, 9.17) is 5.11 Å². The summed E-state index contributed by atoms with van der Waals surface area (Å²) < 4.78 is 26.4. The van der Waals surface area contributed by atoms with Crippen molar-refractivity contribution in [1.82, 2.24) is 5.32 Å². The average molecular weight is 209 g/mol. The van der Waals surface area contributed by atoms with Gasteiger partial charge in [-0.2, -0.15) is 8.78 Å². The molecule has 2 unspecified atom stereocenters. The molecule has 1 aliphatic heterocycles. The first-order valence-electron chi connectivity index (χ1n) is 4.36. The number of nitrogens with one attached hydrogen (secondary N) is 1. The number of piperidine rings is 1. The van der Waals surface area contributed by atoms with Crippen molar-refractivity contribution < 1.29 is 23.8 Å². The summed E-state index contributed by atoms with van der Waals surface area (Å²) >= 11 is 0. The maximum atomic E-state index is 13.2. The zero-order valence-electron chi connectivity index (χ0n) is 7.76. The second-order valence-electron chi connectivity index (χ2n) is 3.66. The van der Waals surface area contributed by atoms with Crippen LogP contribution in [0.5, 0.6) is 0 Å². The van der Waals surface area contributed by atoms with E-state index in [1.165, 1.54) is 6.92 Å². The Hall–Kier alpha value is -0.750. The van der Waals surface area contributed by atoms with Gasteiger partial charge in [0.2, 0.25) is 0 Å². The number of hydrogen-bond donors (Lipinski definition) is 3. The predicted octanol–water partition coefficient (Wildman–Crippen LogP) is 0.0668. The van der Waals surface area contributed by atoms with Gasteiger partial charge in [-0.3, -0.25) is 0 Å². The average Bonchev–Trinajstić information content (AvgIpc) is 2.09. The minimum atomic E-state index is -4.09. The maximum Gasteiger partial charge on any atom is 0.377 e. The number of halogens is 2. The Labute approximate surface area is 79.9 Å². The van der Waals surface area contributed by atoms with Crippen molar-refractivity contribution in [3.05, 3.63) is 0 Å². The lowest BCUT2D eigenvalue weighted by molar-refractivity contribution is -0.226. The molecule has 14 heavy (non-hydrogen) atoms. The van der Waals surface area contributed by atoms with Crippen LogP contribution in [0.25, 0.3) is 0 Å². The predicted molar refractivity (Wildman–Crippen MR) is 44.2 cm³/mol. The van der Waals surface area contributed by atoms with Gasteiger partial charge in [-0.05, 0) is 13.0 Å². The summed E-state index contributed by atoms with van der Waals surface area (Å²) in [6.45, 7) is 1.80. The molecule has 0 aliphatic carbocycles. The molecule has 1 rings (SSSR count). The van der Waals surface area contributed by atoms with Crippen molar-refractivity contribution in [2.24, 2.45) is 5.92 Å². The third kappa shape index (κ3) is 1.48. The normalized spacial score (nSPS) is 34.1. The molecule has 1 saturated heterocycles. The molecule has 0 saturated carbocycles. The largest absolute Gasteiger partial charge is 0.477 e. The molecule has 82 valence electrons. The number of carboxylic acid groups (broad SMARTS) is 1. The van der Waals surface area contributed by atoms with Crippen LogP contribution in [0, 0.1) is 5.92 Å². The molecule has 3 N–H and O–H groups in total. The number of carbonyl (C=O) groups is 1. The van der Waals surface area contributed by atoms with Crippen molar-refractivity contribution in [2.45, 2.75) is 24.9 Å². The lowest BCUT2D eigenvalue weighted by atomic mass is 9.78. The third-order valence-corrected chi connectivity index (χ3v) is 2.76. The molecule has 0 radical (unpaired) electrons. The minimum absolute atomic E-state index is 0.194. The van der Waals surface area contributed by atoms with E-state index >= 15 is 0 Å². The molecule has 0 aromatic rings. The van der Waals surface area contributed by atoms with E-state index in [9.17, 15) is 18.7 Å². The second kappa shape index (κ2) is 3.43. The Bertz CT molecular complexity index is 247. The molecule has 0 bridgehead atoms. The Morgan fingerprint density at radius 3 is 2.64 bits per heavy atom. The van der Waals surface area contributed by atoms with Crippen LogP contribution in [0.3, 0.4) is 0 Å². The van der Waals surface area contributed by atoms with Crippen molar-refractivity contribution in [3.8, 4) is 0 Å². The molecule has 1 aliphatic rings. The van der Waals surface area contributed by atoms with Crippen LogP contribution >= 0.6 is 0 Å². The zero-order chi connectivity index (χ0) is 11.0. The number of aliphatic carboxylic acids is 1. The highest BCUT2D eigenvalue weighted by molar-refractivity contribution is 5.77. The van der Waals surface area contributed by atoms with Crippen molar-refractivity contribution >= 4 is 5.97 Å². The number of carboxylic acids is 1. The van der Waals surface area contributed by atoms with Crippen LogP contribution in [0.4, 0.5) is 8.78 Å². The number of alkyl halides is 2. The third-order valence-electron chi connectivity index (χ3n) is 2.76. The minimum Gasteiger partial charge on any atom is -0.477 e. The zero-order valence-corrected chi connectivity index (χ0v) is 7.76. The van der Waals surface area contributed by atoms with Crippen molar-refractivity contribution in [1.29, 1.82) is 0 Å². The van der Waals surface area contributed by atoms with Gasteiger partial charge in [-0.1, -0.05) is 6.92 Å². The molecule has 6 heteroatoms. The van der Waals surface area contributed by atoms with Crippen molar-refractivity contribution in [2.75, 3.05) is 13.1 Å². The summed E-state index contributed by atoms with van der Waals surface area (Å²) in [6, 6.07) is 0. The molecule has 0 spiro atoms. The Balaban J connectivity index is 2.96. The van der Waals surface area contributed by atoms with Gasteiger partial charge in [0.25, 0.3) is 0 Å². The summed E-state index contributed by atoms with van der Waals surface area (Å²) in [5, 5.41) is 20.8. The first-order chi connectivity index (χ1) is 6.32. The molecule has 4 nitrogen and oxygen atoms in total. The van der Waals surface area contributed by atoms with Crippen LogP contribution in [-0.2, 0) is 4.79 Å². The van der Waals surface area contributed by atoms with Gasteiger partial charge in [0.15, 0.2) is 0 Å². The molecule has 2 atom stereocenters. The number of hydrogen-bond acceptors (Lipinski definition) is 3. The van der Waals surface area contributed by atoms with E-state index in [1.54, 1.807) is 0 Å². The fourth-order valence-corrected chi connectivity index (χ4v) is 1.66. The second-order valence-corrected chi connectivity index (χ2v) is 3.66. The summed E-state index contributed by atoms with van der Waals surface area (Å²) in [7, 11) is 0. The highest BCUT2D eigenvalue weighted by atomic mass is 19.3. The SMILES string of the molecule is CC1CNCCC1(O)C(F)(F)C(=O)O. The van der Waals surface area contributed by atoms with E-state index in [0.717, 1.165) is 0 Å². The van der Waals surface area contributed by atoms with Crippen LogP contribution in [0.1, 0.15) is 13.3 Å². The summed E-state index contributed by atoms with van der Waals surface area (Å²) in [4.78, 5) is 10.3. The van der Waals surface area contributed by atoms with Gasteiger partial charge < -0.3 is 15.5 Å². The Morgan fingerprint density at radius 1 is 1.64 bits per heavy atom. The lowest BCUT2D eigenvalue weighted by Gasteiger charge is -2.41. The van der Waals surface area contributed by atoms with Gasteiger partial charge in [-0.25, -0.2) is 4.79 Å². The maximum absolute atomic E-state index is 13.2.